The van der Waals surface area contributed by atoms with Gasteiger partial charge in [0.2, 0.25) is 0 Å². The van der Waals surface area contributed by atoms with Crippen LogP contribution in [0.4, 0.5) is 5.82 Å². The number of aromatic nitrogens is 2. The molecule has 0 bridgehead atoms. The van der Waals surface area contributed by atoms with Gasteiger partial charge in [0.1, 0.15) is 17.1 Å². The number of pyridine rings is 2. The van der Waals surface area contributed by atoms with Crippen LogP contribution in [0.5, 0.6) is 5.75 Å². The molecule has 3 aromatic rings. The SMILES string of the molecule is COc1ccccc1-c1ccc2ccnc(N)c2n1. The van der Waals surface area contributed by atoms with Gasteiger partial charge in [-0.3, -0.25) is 0 Å². The summed E-state index contributed by atoms with van der Waals surface area (Å²) < 4.78 is 5.36. The van der Waals surface area contributed by atoms with Crippen LogP contribution in [0, 0.1) is 0 Å². The molecule has 2 N–H and O–H groups in total. The van der Waals surface area contributed by atoms with Crippen LogP contribution in [-0.4, -0.2) is 17.1 Å². The molecule has 0 atom stereocenters. The molecule has 0 saturated heterocycles. The summed E-state index contributed by atoms with van der Waals surface area (Å²) in [5, 5.41) is 0.978. The van der Waals surface area contributed by atoms with Crippen molar-refractivity contribution < 1.29 is 4.74 Å². The van der Waals surface area contributed by atoms with Gasteiger partial charge < -0.3 is 10.5 Å². The summed E-state index contributed by atoms with van der Waals surface area (Å²) in [6.07, 6.45) is 1.68. The smallest absolute Gasteiger partial charge is 0.149 e. The van der Waals surface area contributed by atoms with Gasteiger partial charge in [-0.25, -0.2) is 9.97 Å². The minimum absolute atomic E-state index is 0.439. The number of fused-ring (bicyclic) bond motifs is 1. The molecule has 0 fully saturated rings. The number of para-hydroxylation sites is 1. The Morgan fingerprint density at radius 3 is 2.74 bits per heavy atom. The van der Waals surface area contributed by atoms with Crippen molar-refractivity contribution in [2.45, 2.75) is 0 Å². The van der Waals surface area contributed by atoms with Crippen molar-refractivity contribution >= 4 is 16.7 Å². The number of ether oxygens (including phenoxy) is 1. The van der Waals surface area contributed by atoms with Crippen LogP contribution >= 0.6 is 0 Å². The van der Waals surface area contributed by atoms with E-state index < -0.39 is 0 Å². The number of nitrogen functional groups attached to an aromatic ring is 1. The predicted octanol–water partition coefficient (Wildman–Crippen LogP) is 2.89. The van der Waals surface area contributed by atoms with Gasteiger partial charge in [-0.05, 0) is 24.3 Å². The number of hydrogen-bond donors (Lipinski definition) is 1. The zero-order valence-corrected chi connectivity index (χ0v) is 10.5. The Balaban J connectivity index is 2.23. The maximum atomic E-state index is 5.87. The molecule has 0 radical (unpaired) electrons. The molecule has 19 heavy (non-hydrogen) atoms. The standard InChI is InChI=1S/C15H13N3O/c1-19-13-5-3-2-4-11(13)12-7-6-10-8-9-17-15(16)14(10)18-12/h2-9H,1H3,(H2,16,17). The number of nitrogens with zero attached hydrogens (tertiary/aromatic N) is 2. The molecule has 2 heterocycles. The Labute approximate surface area is 110 Å². The predicted molar refractivity (Wildman–Crippen MR) is 75.9 cm³/mol. The first kappa shape index (κ1) is 11.5. The van der Waals surface area contributed by atoms with Gasteiger partial charge in [-0.1, -0.05) is 18.2 Å². The number of nitrogens with two attached hydrogens (primary N) is 1. The summed E-state index contributed by atoms with van der Waals surface area (Å²) in [4.78, 5) is 8.65. The molecule has 0 aliphatic rings. The fourth-order valence-electron chi connectivity index (χ4n) is 2.07. The number of hydrogen-bond acceptors (Lipinski definition) is 4. The van der Waals surface area contributed by atoms with E-state index in [4.69, 9.17) is 10.5 Å². The van der Waals surface area contributed by atoms with Gasteiger partial charge in [0.25, 0.3) is 0 Å². The van der Waals surface area contributed by atoms with E-state index in [2.05, 4.69) is 9.97 Å². The van der Waals surface area contributed by atoms with Crippen LogP contribution in [0.25, 0.3) is 22.2 Å². The van der Waals surface area contributed by atoms with Gasteiger partial charge >= 0.3 is 0 Å². The van der Waals surface area contributed by atoms with Gasteiger partial charge in [-0.15, -0.1) is 0 Å². The molecule has 0 amide bonds. The number of rotatable bonds is 2. The van der Waals surface area contributed by atoms with Crippen LogP contribution in [0.15, 0.2) is 48.7 Å². The number of benzene rings is 1. The first-order valence-corrected chi connectivity index (χ1v) is 5.94. The van der Waals surface area contributed by atoms with Crippen LogP contribution in [0.3, 0.4) is 0 Å². The minimum atomic E-state index is 0.439. The zero-order chi connectivity index (χ0) is 13.2. The van der Waals surface area contributed by atoms with Crippen LogP contribution in [0.2, 0.25) is 0 Å². The summed E-state index contributed by atoms with van der Waals surface area (Å²) in [6.45, 7) is 0. The Bertz CT molecular complexity index is 740. The highest BCUT2D eigenvalue weighted by atomic mass is 16.5. The van der Waals surface area contributed by atoms with E-state index in [-0.39, 0.29) is 0 Å². The van der Waals surface area contributed by atoms with E-state index in [0.29, 0.717) is 11.3 Å². The van der Waals surface area contributed by atoms with E-state index in [0.717, 1.165) is 22.4 Å². The normalized spacial score (nSPS) is 10.6. The Kier molecular flexibility index (Phi) is 2.76. The van der Waals surface area contributed by atoms with Crippen molar-refractivity contribution in [3.05, 3.63) is 48.7 Å². The quantitative estimate of drug-likeness (QED) is 0.760. The molecular weight excluding hydrogens is 238 g/mol. The van der Waals surface area contributed by atoms with Crippen molar-refractivity contribution in [1.29, 1.82) is 0 Å². The molecule has 1 aromatic carbocycles. The van der Waals surface area contributed by atoms with Gasteiger partial charge in [0.05, 0.1) is 12.8 Å². The monoisotopic (exact) mass is 251 g/mol. The summed E-state index contributed by atoms with van der Waals surface area (Å²) >= 11 is 0. The third kappa shape index (κ3) is 1.97. The molecule has 0 aliphatic carbocycles. The van der Waals surface area contributed by atoms with Crippen molar-refractivity contribution in [2.75, 3.05) is 12.8 Å². The Morgan fingerprint density at radius 1 is 1.05 bits per heavy atom. The van der Waals surface area contributed by atoms with E-state index in [1.165, 1.54) is 0 Å². The molecule has 4 heteroatoms. The molecule has 4 nitrogen and oxygen atoms in total. The van der Waals surface area contributed by atoms with Crippen molar-refractivity contribution in [3.8, 4) is 17.0 Å². The lowest BCUT2D eigenvalue weighted by atomic mass is 10.1. The molecule has 0 aliphatic heterocycles. The van der Waals surface area contributed by atoms with E-state index in [1.807, 2.05) is 42.5 Å². The lowest BCUT2D eigenvalue weighted by molar-refractivity contribution is 0.416. The topological polar surface area (TPSA) is 61.0 Å². The largest absolute Gasteiger partial charge is 0.496 e. The van der Waals surface area contributed by atoms with Crippen molar-refractivity contribution in [2.24, 2.45) is 0 Å². The molecule has 2 aromatic heterocycles. The van der Waals surface area contributed by atoms with E-state index >= 15 is 0 Å². The molecule has 3 rings (SSSR count). The highest BCUT2D eigenvalue weighted by Crippen LogP contribution is 2.30. The van der Waals surface area contributed by atoms with E-state index in [1.54, 1.807) is 13.3 Å². The fourth-order valence-corrected chi connectivity index (χ4v) is 2.07. The maximum absolute atomic E-state index is 5.87. The van der Waals surface area contributed by atoms with Gasteiger partial charge in [0.15, 0.2) is 0 Å². The lowest BCUT2D eigenvalue weighted by Gasteiger charge is -2.08. The summed E-state index contributed by atoms with van der Waals surface area (Å²) in [7, 11) is 1.65. The zero-order valence-electron chi connectivity index (χ0n) is 10.5. The molecule has 94 valence electrons. The first-order valence-electron chi connectivity index (χ1n) is 5.94. The fraction of sp³-hybridized carbons (Fsp3) is 0.0667. The highest BCUT2D eigenvalue weighted by Gasteiger charge is 2.08. The Hall–Kier alpha value is -2.62. The number of anilines is 1. The molecule has 0 spiro atoms. The summed E-state index contributed by atoms with van der Waals surface area (Å²) in [5.74, 6) is 1.23. The van der Waals surface area contributed by atoms with Gasteiger partial charge in [-0.2, -0.15) is 0 Å². The minimum Gasteiger partial charge on any atom is -0.496 e. The average Bonchev–Trinajstić information content (AvgIpc) is 2.47. The van der Waals surface area contributed by atoms with Crippen LogP contribution < -0.4 is 10.5 Å². The molecular formula is C15H13N3O. The van der Waals surface area contributed by atoms with Crippen LogP contribution in [-0.2, 0) is 0 Å². The van der Waals surface area contributed by atoms with Crippen LogP contribution in [0.1, 0.15) is 0 Å². The number of methoxy groups -OCH3 is 1. The third-order valence-electron chi connectivity index (χ3n) is 3.02. The second-order valence-electron chi connectivity index (χ2n) is 4.16. The molecule has 0 unspecified atom stereocenters. The summed E-state index contributed by atoms with van der Waals surface area (Å²) in [6, 6.07) is 13.6. The van der Waals surface area contributed by atoms with Crippen molar-refractivity contribution in [1.82, 2.24) is 9.97 Å². The average molecular weight is 251 g/mol. The first-order chi connectivity index (χ1) is 9.29. The van der Waals surface area contributed by atoms with Gasteiger partial charge in [0, 0.05) is 17.1 Å². The molecule has 0 saturated carbocycles. The third-order valence-corrected chi connectivity index (χ3v) is 3.02. The lowest BCUT2D eigenvalue weighted by Crippen LogP contribution is -1.95. The second-order valence-corrected chi connectivity index (χ2v) is 4.16. The van der Waals surface area contributed by atoms with Crippen molar-refractivity contribution in [3.63, 3.8) is 0 Å². The Morgan fingerprint density at radius 2 is 1.89 bits per heavy atom. The summed E-state index contributed by atoms with van der Waals surface area (Å²) in [5.41, 5.74) is 8.35. The maximum Gasteiger partial charge on any atom is 0.149 e. The second kappa shape index (κ2) is 4.57. The highest BCUT2D eigenvalue weighted by molar-refractivity contribution is 5.89. The van der Waals surface area contributed by atoms with E-state index in [9.17, 15) is 0 Å².